The molecule has 2 N–H and O–H groups in total. The Morgan fingerprint density at radius 3 is 2.67 bits per heavy atom. The van der Waals surface area contributed by atoms with Gasteiger partial charge < -0.3 is 10.6 Å². The highest BCUT2D eigenvalue weighted by molar-refractivity contribution is 5.79. The molecule has 0 aromatic carbocycles. The molecule has 0 spiro atoms. The van der Waals surface area contributed by atoms with Crippen molar-refractivity contribution in [3.63, 3.8) is 0 Å². The minimum atomic E-state index is 0.180. The molecule has 0 bridgehead atoms. The number of rotatable bonds is 3. The smallest absolute Gasteiger partial charge is 0.225 e. The van der Waals surface area contributed by atoms with Crippen molar-refractivity contribution < 1.29 is 4.79 Å². The highest BCUT2D eigenvalue weighted by atomic mass is 16.2. The molecule has 2 heterocycles. The Morgan fingerprint density at radius 1 is 1.33 bits per heavy atom. The number of amides is 1. The molecule has 1 aliphatic carbocycles. The number of nitrogens with two attached hydrogens (primary N) is 1. The summed E-state index contributed by atoms with van der Waals surface area (Å²) in [5.74, 6) is 1.07. The van der Waals surface area contributed by atoms with Crippen LogP contribution in [0.3, 0.4) is 0 Å². The molecule has 1 saturated carbocycles. The fourth-order valence-corrected chi connectivity index (χ4v) is 3.70. The summed E-state index contributed by atoms with van der Waals surface area (Å²) in [5.41, 5.74) is 7.25. The van der Waals surface area contributed by atoms with Crippen molar-refractivity contribution in [3.05, 3.63) is 18.0 Å². The van der Waals surface area contributed by atoms with E-state index < -0.39 is 0 Å². The van der Waals surface area contributed by atoms with Crippen LogP contribution in [0, 0.1) is 5.92 Å². The van der Waals surface area contributed by atoms with E-state index in [0.29, 0.717) is 11.8 Å². The Hall–Kier alpha value is -1.36. The normalized spacial score (nSPS) is 27.2. The Bertz CT molecular complexity index is 490. The highest BCUT2D eigenvalue weighted by Crippen LogP contribution is 2.31. The molecule has 5 nitrogen and oxygen atoms in total. The molecule has 2 fully saturated rings. The molecule has 1 saturated heterocycles. The van der Waals surface area contributed by atoms with Crippen LogP contribution in [0.5, 0.6) is 0 Å². The van der Waals surface area contributed by atoms with Gasteiger partial charge in [0.2, 0.25) is 5.91 Å². The van der Waals surface area contributed by atoms with E-state index in [1.165, 1.54) is 5.56 Å². The van der Waals surface area contributed by atoms with Crippen molar-refractivity contribution in [2.45, 2.75) is 57.5 Å². The zero-order valence-corrected chi connectivity index (χ0v) is 12.9. The summed E-state index contributed by atoms with van der Waals surface area (Å²) in [6.45, 7) is 4.78. The lowest BCUT2D eigenvalue weighted by molar-refractivity contribution is -0.136. The van der Waals surface area contributed by atoms with Gasteiger partial charge in [-0.25, -0.2) is 0 Å². The van der Waals surface area contributed by atoms with Crippen molar-refractivity contribution in [3.8, 4) is 0 Å². The Labute approximate surface area is 126 Å². The van der Waals surface area contributed by atoms with E-state index in [2.05, 4.69) is 23.1 Å². The van der Waals surface area contributed by atoms with Crippen LogP contribution in [-0.4, -0.2) is 39.7 Å². The molecule has 1 amide bonds. The lowest BCUT2D eigenvalue weighted by atomic mass is 9.91. The Kier molecular flexibility index (Phi) is 4.29. The van der Waals surface area contributed by atoms with Gasteiger partial charge in [-0.05, 0) is 50.5 Å². The van der Waals surface area contributed by atoms with Crippen molar-refractivity contribution in [1.82, 2.24) is 14.7 Å². The maximum atomic E-state index is 12.5. The molecule has 21 heavy (non-hydrogen) atoms. The minimum Gasteiger partial charge on any atom is -0.342 e. The van der Waals surface area contributed by atoms with Gasteiger partial charge in [0.1, 0.15) is 0 Å². The van der Waals surface area contributed by atoms with Gasteiger partial charge in [-0.1, -0.05) is 0 Å². The molecule has 1 aromatic heterocycles. The third-order valence-electron chi connectivity index (χ3n) is 5.08. The molecule has 2 atom stereocenters. The van der Waals surface area contributed by atoms with Crippen LogP contribution in [0.25, 0.3) is 0 Å². The minimum absolute atomic E-state index is 0.180. The highest BCUT2D eigenvalue weighted by Gasteiger charge is 2.33. The van der Waals surface area contributed by atoms with Crippen LogP contribution < -0.4 is 5.73 Å². The predicted molar refractivity (Wildman–Crippen MR) is 81.8 cm³/mol. The van der Waals surface area contributed by atoms with Gasteiger partial charge in [-0.15, -0.1) is 0 Å². The molecule has 2 aliphatic rings. The second kappa shape index (κ2) is 6.18. The van der Waals surface area contributed by atoms with E-state index >= 15 is 0 Å². The molecule has 116 valence electrons. The maximum absolute atomic E-state index is 12.5. The van der Waals surface area contributed by atoms with Gasteiger partial charge in [0.25, 0.3) is 0 Å². The maximum Gasteiger partial charge on any atom is 0.225 e. The predicted octanol–water partition coefficient (Wildman–Crippen LogP) is 1.74. The summed E-state index contributed by atoms with van der Waals surface area (Å²) in [5, 5.41) is 4.36. The fraction of sp³-hybridized carbons (Fsp3) is 0.750. The zero-order valence-electron chi connectivity index (χ0n) is 12.9. The van der Waals surface area contributed by atoms with Crippen LogP contribution in [-0.2, 0) is 11.3 Å². The molecule has 5 heteroatoms. The molecule has 0 radical (unpaired) electrons. The Morgan fingerprint density at radius 2 is 2.10 bits per heavy atom. The van der Waals surface area contributed by atoms with E-state index in [-0.39, 0.29) is 12.0 Å². The number of carbonyl (C=O) groups is 1. The number of hydrogen-bond acceptors (Lipinski definition) is 3. The first-order chi connectivity index (χ1) is 10.2. The lowest BCUT2D eigenvalue weighted by Crippen LogP contribution is -2.41. The topological polar surface area (TPSA) is 64.2 Å². The van der Waals surface area contributed by atoms with Crippen LogP contribution in [0.15, 0.2) is 12.4 Å². The first-order valence-electron chi connectivity index (χ1n) is 8.24. The second-order valence-electron chi connectivity index (χ2n) is 6.50. The van der Waals surface area contributed by atoms with E-state index in [9.17, 15) is 4.79 Å². The van der Waals surface area contributed by atoms with Crippen LogP contribution >= 0.6 is 0 Å². The van der Waals surface area contributed by atoms with E-state index in [1.807, 2.05) is 10.9 Å². The number of nitrogens with zero attached hydrogens (tertiary/aromatic N) is 3. The standard InChI is InChI=1S/C16H26N4O/c1-2-20-11-14(10-18-20)12-5-7-19(8-6-12)16(21)13-3-4-15(17)9-13/h10-13,15H,2-9,17H2,1H3/t13-,15+/m0/s1. The average molecular weight is 290 g/mol. The first-order valence-corrected chi connectivity index (χ1v) is 8.24. The number of aromatic nitrogens is 2. The summed E-state index contributed by atoms with van der Waals surface area (Å²) in [4.78, 5) is 14.6. The van der Waals surface area contributed by atoms with E-state index in [0.717, 1.165) is 51.7 Å². The zero-order chi connectivity index (χ0) is 14.8. The summed E-state index contributed by atoms with van der Waals surface area (Å²) in [7, 11) is 0. The van der Waals surface area contributed by atoms with Gasteiger partial charge in [0.15, 0.2) is 0 Å². The lowest BCUT2D eigenvalue weighted by Gasteiger charge is -2.33. The van der Waals surface area contributed by atoms with Gasteiger partial charge in [0, 0.05) is 37.8 Å². The monoisotopic (exact) mass is 290 g/mol. The Balaban J connectivity index is 1.54. The fourth-order valence-electron chi connectivity index (χ4n) is 3.70. The number of carbonyl (C=O) groups excluding carboxylic acids is 1. The third-order valence-corrected chi connectivity index (χ3v) is 5.08. The molecular weight excluding hydrogens is 264 g/mol. The SMILES string of the molecule is CCn1cc(C2CCN(C(=O)[C@H]3CC[C@@H](N)C3)CC2)cn1. The van der Waals surface area contributed by atoms with Crippen molar-refractivity contribution in [1.29, 1.82) is 0 Å². The third kappa shape index (κ3) is 3.12. The van der Waals surface area contributed by atoms with Gasteiger partial charge in [-0.3, -0.25) is 9.48 Å². The van der Waals surface area contributed by atoms with Gasteiger partial charge >= 0.3 is 0 Å². The van der Waals surface area contributed by atoms with Crippen LogP contribution in [0.2, 0.25) is 0 Å². The van der Waals surface area contributed by atoms with Crippen molar-refractivity contribution in [2.75, 3.05) is 13.1 Å². The number of aryl methyl sites for hydroxylation is 1. The molecule has 1 aliphatic heterocycles. The number of hydrogen-bond donors (Lipinski definition) is 1. The van der Waals surface area contributed by atoms with Gasteiger partial charge in [0.05, 0.1) is 6.20 Å². The first kappa shape index (κ1) is 14.6. The van der Waals surface area contributed by atoms with Crippen molar-refractivity contribution >= 4 is 5.91 Å². The van der Waals surface area contributed by atoms with Crippen LogP contribution in [0.4, 0.5) is 0 Å². The van der Waals surface area contributed by atoms with Gasteiger partial charge in [-0.2, -0.15) is 5.10 Å². The summed E-state index contributed by atoms with van der Waals surface area (Å²) < 4.78 is 1.98. The molecule has 1 aromatic rings. The van der Waals surface area contributed by atoms with Crippen LogP contribution in [0.1, 0.15) is 50.5 Å². The number of likely N-dealkylation sites (tertiary alicyclic amines) is 1. The summed E-state index contributed by atoms with van der Waals surface area (Å²) in [6.07, 6.45) is 9.11. The molecular formula is C16H26N4O. The summed E-state index contributed by atoms with van der Waals surface area (Å²) in [6, 6.07) is 0.233. The molecule has 3 rings (SSSR count). The summed E-state index contributed by atoms with van der Waals surface area (Å²) >= 11 is 0. The second-order valence-corrected chi connectivity index (χ2v) is 6.50. The molecule has 0 unspecified atom stereocenters. The van der Waals surface area contributed by atoms with E-state index in [1.54, 1.807) is 0 Å². The largest absolute Gasteiger partial charge is 0.342 e. The van der Waals surface area contributed by atoms with Crippen molar-refractivity contribution in [2.24, 2.45) is 11.7 Å². The number of piperidine rings is 1. The van der Waals surface area contributed by atoms with E-state index in [4.69, 9.17) is 5.73 Å². The average Bonchev–Trinajstić information content (AvgIpc) is 3.15. The quantitative estimate of drug-likeness (QED) is 0.922.